The van der Waals surface area contributed by atoms with Gasteiger partial charge in [0.15, 0.2) is 5.84 Å². The molecule has 0 aromatic heterocycles. The van der Waals surface area contributed by atoms with Crippen LogP contribution in [0.5, 0.6) is 0 Å². The SMILES string of the molecule is CCC(C)(C(=O)NCC1(C)CCCO1)C(N)=NO. The lowest BCUT2D eigenvalue weighted by Gasteiger charge is -2.29. The van der Waals surface area contributed by atoms with E-state index in [1.807, 2.05) is 13.8 Å². The topological polar surface area (TPSA) is 96.9 Å². The lowest BCUT2D eigenvalue weighted by molar-refractivity contribution is -0.128. The summed E-state index contributed by atoms with van der Waals surface area (Å²) in [5.74, 6) is -0.308. The van der Waals surface area contributed by atoms with Crippen molar-refractivity contribution in [3.63, 3.8) is 0 Å². The number of carbonyl (C=O) groups excluding carboxylic acids is 1. The van der Waals surface area contributed by atoms with Crippen LogP contribution in [0.2, 0.25) is 0 Å². The van der Waals surface area contributed by atoms with Gasteiger partial charge in [-0.2, -0.15) is 0 Å². The predicted octanol–water partition coefficient (Wildman–Crippen LogP) is 0.834. The predicted molar refractivity (Wildman–Crippen MR) is 68.4 cm³/mol. The minimum Gasteiger partial charge on any atom is -0.409 e. The molecule has 0 spiro atoms. The first-order valence-corrected chi connectivity index (χ1v) is 6.28. The molecule has 6 nitrogen and oxygen atoms in total. The van der Waals surface area contributed by atoms with E-state index in [2.05, 4.69) is 10.5 Å². The van der Waals surface area contributed by atoms with Crippen LogP contribution in [0.25, 0.3) is 0 Å². The third kappa shape index (κ3) is 2.93. The van der Waals surface area contributed by atoms with E-state index >= 15 is 0 Å². The molecule has 4 N–H and O–H groups in total. The molecule has 6 heteroatoms. The Morgan fingerprint density at radius 1 is 1.67 bits per heavy atom. The molecule has 2 atom stereocenters. The summed E-state index contributed by atoms with van der Waals surface area (Å²) in [7, 11) is 0. The minimum atomic E-state index is -0.982. The average molecular weight is 257 g/mol. The number of oxime groups is 1. The molecule has 0 aromatic carbocycles. The van der Waals surface area contributed by atoms with Gasteiger partial charge in [0.1, 0.15) is 5.41 Å². The first-order valence-electron chi connectivity index (χ1n) is 6.28. The summed E-state index contributed by atoms with van der Waals surface area (Å²) >= 11 is 0. The van der Waals surface area contributed by atoms with Crippen LogP contribution < -0.4 is 11.1 Å². The largest absolute Gasteiger partial charge is 0.409 e. The van der Waals surface area contributed by atoms with Gasteiger partial charge in [0.25, 0.3) is 0 Å². The fourth-order valence-corrected chi connectivity index (χ4v) is 2.01. The second-order valence-electron chi connectivity index (χ2n) is 5.26. The molecule has 2 unspecified atom stereocenters. The van der Waals surface area contributed by atoms with E-state index in [0.717, 1.165) is 19.4 Å². The number of rotatable bonds is 5. The van der Waals surface area contributed by atoms with Crippen molar-refractivity contribution in [3.8, 4) is 0 Å². The summed E-state index contributed by atoms with van der Waals surface area (Å²) < 4.78 is 5.60. The molecule has 1 amide bonds. The highest BCUT2D eigenvalue weighted by Gasteiger charge is 2.38. The van der Waals surface area contributed by atoms with Gasteiger partial charge in [-0.3, -0.25) is 4.79 Å². The van der Waals surface area contributed by atoms with E-state index in [-0.39, 0.29) is 17.3 Å². The van der Waals surface area contributed by atoms with Crippen molar-refractivity contribution in [2.24, 2.45) is 16.3 Å². The van der Waals surface area contributed by atoms with Gasteiger partial charge in [-0.15, -0.1) is 0 Å². The van der Waals surface area contributed by atoms with Gasteiger partial charge >= 0.3 is 0 Å². The van der Waals surface area contributed by atoms with Gasteiger partial charge in [-0.25, -0.2) is 0 Å². The first-order chi connectivity index (χ1) is 8.38. The number of amides is 1. The molecular formula is C12H23N3O3. The highest BCUT2D eigenvalue weighted by Crippen LogP contribution is 2.26. The van der Waals surface area contributed by atoms with Crippen molar-refractivity contribution < 1.29 is 14.7 Å². The molecule has 1 saturated heterocycles. The minimum absolute atomic E-state index is 0.0695. The van der Waals surface area contributed by atoms with Gasteiger partial charge in [-0.05, 0) is 33.1 Å². The van der Waals surface area contributed by atoms with Crippen molar-refractivity contribution in [1.29, 1.82) is 0 Å². The number of amidine groups is 1. The Balaban J connectivity index is 2.63. The summed E-state index contributed by atoms with van der Waals surface area (Å²) in [5, 5.41) is 14.5. The molecule has 0 bridgehead atoms. The maximum Gasteiger partial charge on any atom is 0.233 e. The fourth-order valence-electron chi connectivity index (χ4n) is 2.01. The Kier molecular flexibility index (Phi) is 4.56. The highest BCUT2D eigenvalue weighted by atomic mass is 16.5. The maximum atomic E-state index is 12.2. The van der Waals surface area contributed by atoms with E-state index in [1.165, 1.54) is 0 Å². The Morgan fingerprint density at radius 2 is 2.33 bits per heavy atom. The van der Waals surface area contributed by atoms with E-state index in [9.17, 15) is 4.79 Å². The molecule has 104 valence electrons. The van der Waals surface area contributed by atoms with Crippen LogP contribution in [0.3, 0.4) is 0 Å². The third-order valence-corrected chi connectivity index (χ3v) is 3.80. The zero-order chi connectivity index (χ0) is 13.8. The smallest absolute Gasteiger partial charge is 0.233 e. The van der Waals surface area contributed by atoms with E-state index in [1.54, 1.807) is 6.92 Å². The van der Waals surface area contributed by atoms with Crippen LogP contribution in [0.1, 0.15) is 40.0 Å². The fraction of sp³-hybridized carbons (Fsp3) is 0.833. The number of ether oxygens (including phenoxy) is 1. The standard InChI is InChI=1S/C12H23N3O3/c1-4-12(3,9(13)15-17)10(16)14-8-11(2)6-5-7-18-11/h17H,4-8H2,1-3H3,(H2,13,15)(H,14,16). The molecule has 1 aliphatic heterocycles. The summed E-state index contributed by atoms with van der Waals surface area (Å²) in [6.45, 7) is 6.64. The van der Waals surface area contributed by atoms with Gasteiger partial charge in [0, 0.05) is 13.2 Å². The van der Waals surface area contributed by atoms with Crippen LogP contribution in [0.4, 0.5) is 0 Å². The molecule has 0 aromatic rings. The second-order valence-corrected chi connectivity index (χ2v) is 5.26. The number of nitrogens with zero attached hydrogens (tertiary/aromatic N) is 1. The second kappa shape index (κ2) is 5.56. The Bertz CT molecular complexity index is 337. The number of nitrogens with two attached hydrogens (primary N) is 1. The summed E-state index contributed by atoms with van der Waals surface area (Å²) in [6.07, 6.45) is 2.41. The van der Waals surface area contributed by atoms with Crippen LogP contribution in [-0.2, 0) is 9.53 Å². The van der Waals surface area contributed by atoms with Crippen LogP contribution >= 0.6 is 0 Å². The van der Waals surface area contributed by atoms with E-state index in [4.69, 9.17) is 15.7 Å². The van der Waals surface area contributed by atoms with Crippen molar-refractivity contribution in [2.75, 3.05) is 13.2 Å². The van der Waals surface area contributed by atoms with Crippen molar-refractivity contribution in [3.05, 3.63) is 0 Å². The maximum absolute atomic E-state index is 12.2. The van der Waals surface area contributed by atoms with Crippen LogP contribution in [0.15, 0.2) is 5.16 Å². The van der Waals surface area contributed by atoms with Crippen LogP contribution in [-0.4, -0.2) is 35.7 Å². The molecule has 1 heterocycles. The van der Waals surface area contributed by atoms with Crippen molar-refractivity contribution in [1.82, 2.24) is 5.32 Å². The van der Waals surface area contributed by atoms with Gasteiger partial charge in [0.05, 0.1) is 5.60 Å². The Labute approximate surface area is 108 Å². The normalized spacial score (nSPS) is 27.8. The quantitative estimate of drug-likeness (QED) is 0.294. The molecule has 0 saturated carbocycles. The van der Waals surface area contributed by atoms with E-state index in [0.29, 0.717) is 13.0 Å². The monoisotopic (exact) mass is 257 g/mol. The Hall–Kier alpha value is -1.30. The molecule has 18 heavy (non-hydrogen) atoms. The number of hydrogen-bond acceptors (Lipinski definition) is 4. The molecule has 0 aliphatic carbocycles. The molecule has 1 rings (SSSR count). The number of nitrogens with one attached hydrogen (secondary N) is 1. The summed E-state index contributed by atoms with van der Waals surface area (Å²) in [6, 6.07) is 0. The molecule has 1 fully saturated rings. The lowest BCUT2D eigenvalue weighted by atomic mass is 9.85. The van der Waals surface area contributed by atoms with E-state index < -0.39 is 5.41 Å². The van der Waals surface area contributed by atoms with Crippen molar-refractivity contribution in [2.45, 2.75) is 45.6 Å². The van der Waals surface area contributed by atoms with Crippen molar-refractivity contribution >= 4 is 11.7 Å². The van der Waals surface area contributed by atoms with Crippen LogP contribution in [0, 0.1) is 5.41 Å². The molecular weight excluding hydrogens is 234 g/mol. The highest BCUT2D eigenvalue weighted by molar-refractivity contribution is 6.06. The average Bonchev–Trinajstić information content (AvgIpc) is 2.81. The van der Waals surface area contributed by atoms with Gasteiger partial charge < -0.3 is 21.0 Å². The lowest BCUT2D eigenvalue weighted by Crippen LogP contribution is -2.51. The zero-order valence-corrected chi connectivity index (χ0v) is 11.3. The number of hydrogen-bond donors (Lipinski definition) is 3. The zero-order valence-electron chi connectivity index (χ0n) is 11.3. The summed E-state index contributed by atoms with van der Waals surface area (Å²) in [4.78, 5) is 12.2. The third-order valence-electron chi connectivity index (χ3n) is 3.80. The Morgan fingerprint density at radius 3 is 2.78 bits per heavy atom. The molecule has 0 radical (unpaired) electrons. The number of carbonyl (C=O) groups is 1. The summed E-state index contributed by atoms with van der Waals surface area (Å²) in [5.41, 5.74) is 4.31. The molecule has 1 aliphatic rings. The van der Waals surface area contributed by atoms with Gasteiger partial charge in [-0.1, -0.05) is 12.1 Å². The first kappa shape index (κ1) is 14.8. The van der Waals surface area contributed by atoms with Gasteiger partial charge in [0.2, 0.25) is 5.91 Å².